The standard InChI is InChI=1S/C9H17N/c1-7-4-5-8(2)9(6-7)10-3/h4,8-10H,5-6H2,1-3H3. The largest absolute Gasteiger partial charge is 0.316 e. The van der Waals surface area contributed by atoms with Crippen LogP contribution in [0.1, 0.15) is 26.7 Å². The first-order chi connectivity index (χ1) is 4.74. The Kier molecular flexibility index (Phi) is 2.50. The molecule has 0 heterocycles. The molecule has 0 aromatic rings. The molecule has 10 heavy (non-hydrogen) atoms. The topological polar surface area (TPSA) is 12.0 Å². The Morgan fingerprint density at radius 1 is 1.60 bits per heavy atom. The van der Waals surface area contributed by atoms with Crippen LogP contribution >= 0.6 is 0 Å². The molecule has 0 radical (unpaired) electrons. The highest BCUT2D eigenvalue weighted by Crippen LogP contribution is 2.22. The zero-order chi connectivity index (χ0) is 7.56. The van der Waals surface area contributed by atoms with Crippen molar-refractivity contribution in [1.29, 1.82) is 0 Å². The summed E-state index contributed by atoms with van der Waals surface area (Å²) in [6, 6.07) is 0.713. The molecule has 1 aliphatic rings. The molecule has 2 unspecified atom stereocenters. The third kappa shape index (κ3) is 1.60. The minimum absolute atomic E-state index is 0.713. The van der Waals surface area contributed by atoms with Crippen molar-refractivity contribution in [2.24, 2.45) is 5.92 Å². The second-order valence-corrected chi connectivity index (χ2v) is 3.36. The summed E-state index contributed by atoms with van der Waals surface area (Å²) in [6.07, 6.45) is 4.84. The fraction of sp³-hybridized carbons (Fsp3) is 0.778. The molecule has 1 nitrogen and oxygen atoms in total. The predicted molar refractivity (Wildman–Crippen MR) is 45.0 cm³/mol. The van der Waals surface area contributed by atoms with Gasteiger partial charge in [-0.3, -0.25) is 0 Å². The molecule has 0 aromatic carbocycles. The maximum Gasteiger partial charge on any atom is 0.0130 e. The van der Waals surface area contributed by atoms with Crippen LogP contribution in [-0.4, -0.2) is 13.1 Å². The van der Waals surface area contributed by atoms with Crippen LogP contribution in [-0.2, 0) is 0 Å². The van der Waals surface area contributed by atoms with E-state index in [2.05, 4.69) is 32.3 Å². The summed E-state index contributed by atoms with van der Waals surface area (Å²) in [4.78, 5) is 0. The van der Waals surface area contributed by atoms with Gasteiger partial charge in [0.25, 0.3) is 0 Å². The minimum Gasteiger partial charge on any atom is -0.316 e. The van der Waals surface area contributed by atoms with Crippen LogP contribution in [0.2, 0.25) is 0 Å². The SMILES string of the molecule is CNC1CC(C)=CCC1C. The molecule has 0 saturated carbocycles. The predicted octanol–water partition coefficient (Wildman–Crippen LogP) is 1.95. The van der Waals surface area contributed by atoms with E-state index in [1.165, 1.54) is 18.4 Å². The Hall–Kier alpha value is -0.300. The summed E-state index contributed by atoms with van der Waals surface area (Å²) in [5, 5.41) is 3.34. The molecular weight excluding hydrogens is 122 g/mol. The summed E-state index contributed by atoms with van der Waals surface area (Å²) >= 11 is 0. The molecule has 1 heteroatoms. The van der Waals surface area contributed by atoms with Gasteiger partial charge in [0.2, 0.25) is 0 Å². The van der Waals surface area contributed by atoms with Crippen molar-refractivity contribution < 1.29 is 0 Å². The summed E-state index contributed by atoms with van der Waals surface area (Å²) in [5.74, 6) is 0.814. The van der Waals surface area contributed by atoms with Crippen molar-refractivity contribution >= 4 is 0 Å². The lowest BCUT2D eigenvalue weighted by Crippen LogP contribution is -2.33. The maximum atomic E-state index is 3.34. The van der Waals surface area contributed by atoms with Gasteiger partial charge in [-0.25, -0.2) is 0 Å². The van der Waals surface area contributed by atoms with Crippen molar-refractivity contribution in [3.63, 3.8) is 0 Å². The van der Waals surface area contributed by atoms with Gasteiger partial charge in [-0.2, -0.15) is 0 Å². The zero-order valence-electron chi connectivity index (χ0n) is 7.15. The minimum atomic E-state index is 0.713. The second-order valence-electron chi connectivity index (χ2n) is 3.36. The van der Waals surface area contributed by atoms with E-state index in [1.807, 2.05) is 0 Å². The van der Waals surface area contributed by atoms with E-state index < -0.39 is 0 Å². The quantitative estimate of drug-likeness (QED) is 0.547. The van der Waals surface area contributed by atoms with Gasteiger partial charge in [-0.05, 0) is 32.7 Å². The van der Waals surface area contributed by atoms with Crippen LogP contribution in [0.3, 0.4) is 0 Å². The van der Waals surface area contributed by atoms with Gasteiger partial charge in [0.1, 0.15) is 0 Å². The number of nitrogens with one attached hydrogen (secondary N) is 1. The van der Waals surface area contributed by atoms with Crippen molar-refractivity contribution in [3.05, 3.63) is 11.6 Å². The van der Waals surface area contributed by atoms with Crippen LogP contribution in [0, 0.1) is 5.92 Å². The molecule has 0 saturated heterocycles. The molecule has 0 spiro atoms. The Morgan fingerprint density at radius 2 is 2.30 bits per heavy atom. The highest BCUT2D eigenvalue weighted by molar-refractivity contribution is 5.06. The van der Waals surface area contributed by atoms with Crippen molar-refractivity contribution in [2.75, 3.05) is 7.05 Å². The highest BCUT2D eigenvalue weighted by atomic mass is 14.9. The molecule has 0 aromatic heterocycles. The van der Waals surface area contributed by atoms with Crippen molar-refractivity contribution in [2.45, 2.75) is 32.7 Å². The first-order valence-electron chi connectivity index (χ1n) is 4.07. The lowest BCUT2D eigenvalue weighted by Gasteiger charge is -2.27. The van der Waals surface area contributed by atoms with E-state index in [1.54, 1.807) is 0 Å². The van der Waals surface area contributed by atoms with E-state index in [0.717, 1.165) is 5.92 Å². The fourth-order valence-corrected chi connectivity index (χ4v) is 1.57. The average Bonchev–Trinajstić information content (AvgIpc) is 1.94. The lowest BCUT2D eigenvalue weighted by atomic mass is 9.87. The fourth-order valence-electron chi connectivity index (χ4n) is 1.57. The first kappa shape index (κ1) is 7.80. The number of hydrogen-bond donors (Lipinski definition) is 1. The zero-order valence-corrected chi connectivity index (χ0v) is 7.15. The smallest absolute Gasteiger partial charge is 0.0130 e. The molecule has 0 aliphatic heterocycles. The van der Waals surface area contributed by atoms with Gasteiger partial charge in [0.05, 0.1) is 0 Å². The van der Waals surface area contributed by atoms with Gasteiger partial charge in [0.15, 0.2) is 0 Å². The Labute approximate surface area is 63.5 Å². The normalized spacial score (nSPS) is 33.7. The van der Waals surface area contributed by atoms with E-state index in [9.17, 15) is 0 Å². The van der Waals surface area contributed by atoms with E-state index in [0.29, 0.717) is 6.04 Å². The molecule has 0 amide bonds. The monoisotopic (exact) mass is 139 g/mol. The van der Waals surface area contributed by atoms with Gasteiger partial charge in [-0.1, -0.05) is 18.6 Å². The molecule has 58 valence electrons. The molecule has 1 rings (SSSR count). The summed E-state index contributed by atoms with van der Waals surface area (Å²) in [5.41, 5.74) is 1.54. The van der Waals surface area contributed by atoms with Crippen LogP contribution in [0.5, 0.6) is 0 Å². The van der Waals surface area contributed by atoms with Crippen LogP contribution in [0.4, 0.5) is 0 Å². The summed E-state index contributed by atoms with van der Waals surface area (Å²) < 4.78 is 0. The third-order valence-corrected chi connectivity index (χ3v) is 2.44. The van der Waals surface area contributed by atoms with E-state index >= 15 is 0 Å². The van der Waals surface area contributed by atoms with Gasteiger partial charge in [-0.15, -0.1) is 0 Å². The number of rotatable bonds is 1. The van der Waals surface area contributed by atoms with E-state index in [-0.39, 0.29) is 0 Å². The number of allylic oxidation sites excluding steroid dienone is 1. The Morgan fingerprint density at radius 3 is 2.80 bits per heavy atom. The molecule has 1 N–H and O–H groups in total. The molecule has 0 fully saturated rings. The second kappa shape index (κ2) is 3.20. The van der Waals surface area contributed by atoms with Crippen LogP contribution in [0.15, 0.2) is 11.6 Å². The molecule has 1 aliphatic carbocycles. The van der Waals surface area contributed by atoms with Gasteiger partial charge in [0, 0.05) is 6.04 Å². The number of hydrogen-bond acceptors (Lipinski definition) is 1. The van der Waals surface area contributed by atoms with E-state index in [4.69, 9.17) is 0 Å². The summed E-state index contributed by atoms with van der Waals surface area (Å²) in [7, 11) is 2.06. The van der Waals surface area contributed by atoms with Gasteiger partial charge >= 0.3 is 0 Å². The van der Waals surface area contributed by atoms with Crippen LogP contribution < -0.4 is 5.32 Å². The molecule has 2 atom stereocenters. The molecular formula is C9H17N. The average molecular weight is 139 g/mol. The van der Waals surface area contributed by atoms with Crippen LogP contribution in [0.25, 0.3) is 0 Å². The Balaban J connectivity index is 2.53. The van der Waals surface area contributed by atoms with Crippen molar-refractivity contribution in [1.82, 2.24) is 5.32 Å². The highest BCUT2D eigenvalue weighted by Gasteiger charge is 2.18. The third-order valence-electron chi connectivity index (χ3n) is 2.44. The molecule has 0 bridgehead atoms. The van der Waals surface area contributed by atoms with Gasteiger partial charge < -0.3 is 5.32 Å². The first-order valence-corrected chi connectivity index (χ1v) is 4.07. The maximum absolute atomic E-state index is 3.34. The van der Waals surface area contributed by atoms with Crippen molar-refractivity contribution in [3.8, 4) is 0 Å². The summed E-state index contributed by atoms with van der Waals surface area (Å²) in [6.45, 7) is 4.53. The lowest BCUT2D eigenvalue weighted by molar-refractivity contribution is 0.381. The Bertz CT molecular complexity index is 138.